The number of nitrogens with zero attached hydrogens (tertiary/aromatic N) is 3. The maximum Gasteiger partial charge on any atom is 0.293 e. The summed E-state index contributed by atoms with van der Waals surface area (Å²) in [7, 11) is 0. The van der Waals surface area contributed by atoms with Crippen LogP contribution in [0.5, 0.6) is 0 Å². The van der Waals surface area contributed by atoms with Crippen LogP contribution in [-0.2, 0) is 6.42 Å². The number of benzene rings is 7. The molecule has 5 heteroatoms. The molecule has 2 heterocycles. The zero-order valence-electron chi connectivity index (χ0n) is 28.0. The van der Waals surface area contributed by atoms with E-state index < -0.39 is 0 Å². The number of para-hydroxylation sites is 6. The topological polar surface area (TPSA) is 51.3 Å². The molecule has 242 valence electrons. The third-order valence-electron chi connectivity index (χ3n) is 9.54. The smallest absolute Gasteiger partial charge is 0.293 e. The van der Waals surface area contributed by atoms with Crippen molar-refractivity contribution in [2.75, 3.05) is 4.90 Å². The molecule has 0 unspecified atom stereocenters. The van der Waals surface area contributed by atoms with Crippen LogP contribution in [0, 0.1) is 17.0 Å². The summed E-state index contributed by atoms with van der Waals surface area (Å²) in [4.78, 5) is 13.8. The van der Waals surface area contributed by atoms with Crippen LogP contribution in [-0.4, -0.2) is 9.49 Å². The normalized spacial score (nSPS) is 11.6. The van der Waals surface area contributed by atoms with Crippen LogP contribution in [0.15, 0.2) is 164 Å². The predicted molar refractivity (Wildman–Crippen MR) is 207 cm³/mol. The molecule has 0 atom stereocenters. The van der Waals surface area contributed by atoms with Crippen LogP contribution in [0.1, 0.15) is 18.1 Å². The molecule has 0 N–H and O–H groups in total. The average molecular weight is 650 g/mol. The minimum Gasteiger partial charge on any atom is -0.309 e. The number of nitro benzene ring substituents is 1. The SMILES string of the molecule is CCc1cccc2c1N(c1ccccc1[N+](=O)[O-])c1ccc(C)cc1-c1ccccc1-2.c1ccc(-n2c3ccccc3c3ccccc32)cc1. The molecule has 1 aliphatic rings. The zero-order valence-corrected chi connectivity index (χ0v) is 28.0. The summed E-state index contributed by atoms with van der Waals surface area (Å²) in [6.45, 7) is 4.20. The molecule has 0 amide bonds. The van der Waals surface area contributed by atoms with Crippen molar-refractivity contribution in [3.8, 4) is 27.9 Å². The zero-order chi connectivity index (χ0) is 34.2. The summed E-state index contributed by atoms with van der Waals surface area (Å²) in [5, 5.41) is 14.6. The summed E-state index contributed by atoms with van der Waals surface area (Å²) in [6.07, 6.45) is 0.823. The third kappa shape index (κ3) is 5.20. The van der Waals surface area contributed by atoms with Gasteiger partial charge in [-0.15, -0.1) is 0 Å². The Hall–Kier alpha value is -6.46. The fourth-order valence-corrected chi connectivity index (χ4v) is 7.33. The molecule has 9 rings (SSSR count). The number of rotatable bonds is 4. The Morgan fingerprint density at radius 2 is 1.14 bits per heavy atom. The lowest BCUT2D eigenvalue weighted by Crippen LogP contribution is -2.14. The van der Waals surface area contributed by atoms with Gasteiger partial charge >= 0.3 is 0 Å². The van der Waals surface area contributed by atoms with E-state index in [0.717, 1.165) is 51.2 Å². The second kappa shape index (κ2) is 12.9. The Kier molecular flexibility index (Phi) is 7.94. The standard InChI is InChI=1S/C27H22N2O2.C18H13N/c1-3-19-9-8-12-22-20-10-4-5-11-21(20)23-17-18(2)15-16-24(23)28(27(19)22)25-13-6-7-14-26(25)29(30)31;1-2-8-14(9-3-1)19-17-12-6-4-10-15(17)16-11-5-7-13-18(16)19/h4-17H,3H2,1-2H3;1-13H. The van der Waals surface area contributed by atoms with Gasteiger partial charge in [0.2, 0.25) is 0 Å². The molecule has 0 saturated carbocycles. The Morgan fingerprint density at radius 3 is 1.82 bits per heavy atom. The van der Waals surface area contributed by atoms with E-state index in [4.69, 9.17) is 0 Å². The van der Waals surface area contributed by atoms with Gasteiger partial charge < -0.3 is 9.47 Å². The molecule has 50 heavy (non-hydrogen) atoms. The Morgan fingerprint density at radius 1 is 0.560 bits per heavy atom. The number of aromatic nitrogens is 1. The van der Waals surface area contributed by atoms with Gasteiger partial charge in [-0.2, -0.15) is 0 Å². The molecule has 0 bridgehead atoms. The summed E-state index contributed by atoms with van der Waals surface area (Å²) in [6, 6.07) is 55.7. The first kappa shape index (κ1) is 30.8. The van der Waals surface area contributed by atoms with Crippen molar-refractivity contribution in [1.29, 1.82) is 0 Å². The summed E-state index contributed by atoms with van der Waals surface area (Å²) < 4.78 is 2.32. The van der Waals surface area contributed by atoms with Crippen LogP contribution in [0.3, 0.4) is 0 Å². The fraction of sp³-hybridized carbons (Fsp3) is 0.0667. The van der Waals surface area contributed by atoms with Gasteiger partial charge in [0, 0.05) is 33.7 Å². The maximum atomic E-state index is 12.0. The van der Waals surface area contributed by atoms with E-state index >= 15 is 0 Å². The first-order valence-corrected chi connectivity index (χ1v) is 16.9. The molecule has 1 aromatic heterocycles. The lowest BCUT2D eigenvalue weighted by molar-refractivity contribution is -0.384. The van der Waals surface area contributed by atoms with Gasteiger partial charge in [0.05, 0.1) is 27.3 Å². The van der Waals surface area contributed by atoms with E-state index in [0.29, 0.717) is 5.69 Å². The highest BCUT2D eigenvalue weighted by Gasteiger charge is 2.31. The van der Waals surface area contributed by atoms with Crippen molar-refractivity contribution in [1.82, 2.24) is 4.57 Å². The molecule has 5 nitrogen and oxygen atoms in total. The van der Waals surface area contributed by atoms with Crippen molar-refractivity contribution in [3.63, 3.8) is 0 Å². The molecule has 0 saturated heterocycles. The van der Waals surface area contributed by atoms with Crippen LogP contribution >= 0.6 is 0 Å². The number of anilines is 3. The van der Waals surface area contributed by atoms with Crippen molar-refractivity contribution in [3.05, 3.63) is 185 Å². The minimum absolute atomic E-state index is 0.0943. The minimum atomic E-state index is -0.296. The Labute approximate surface area is 291 Å². The lowest BCUT2D eigenvalue weighted by Gasteiger charge is -2.29. The maximum absolute atomic E-state index is 12.0. The average Bonchev–Trinajstić information content (AvgIpc) is 3.44. The van der Waals surface area contributed by atoms with E-state index in [1.165, 1.54) is 27.5 Å². The predicted octanol–water partition coefficient (Wildman–Crippen LogP) is 12.4. The number of fused-ring (bicyclic) bond motifs is 8. The molecule has 0 spiro atoms. The second-order valence-electron chi connectivity index (χ2n) is 12.5. The quantitative estimate of drug-likeness (QED) is 0.141. The van der Waals surface area contributed by atoms with Crippen LogP contribution < -0.4 is 4.90 Å². The van der Waals surface area contributed by atoms with E-state index in [2.05, 4.69) is 163 Å². The molecule has 0 radical (unpaired) electrons. The highest BCUT2D eigenvalue weighted by molar-refractivity contribution is 6.09. The van der Waals surface area contributed by atoms with E-state index in [1.54, 1.807) is 12.1 Å². The largest absolute Gasteiger partial charge is 0.309 e. The van der Waals surface area contributed by atoms with E-state index in [9.17, 15) is 10.1 Å². The van der Waals surface area contributed by atoms with Crippen molar-refractivity contribution in [2.45, 2.75) is 20.3 Å². The molecule has 0 fully saturated rings. The Balaban J connectivity index is 0.000000162. The van der Waals surface area contributed by atoms with Gasteiger partial charge in [-0.1, -0.05) is 128 Å². The third-order valence-corrected chi connectivity index (χ3v) is 9.54. The Bertz CT molecular complexity index is 2480. The molecular weight excluding hydrogens is 615 g/mol. The number of hydrogen-bond donors (Lipinski definition) is 0. The second-order valence-corrected chi connectivity index (χ2v) is 12.5. The number of aryl methyl sites for hydroxylation is 2. The van der Waals surface area contributed by atoms with Crippen LogP contribution in [0.4, 0.5) is 22.7 Å². The van der Waals surface area contributed by atoms with Crippen molar-refractivity contribution < 1.29 is 4.92 Å². The van der Waals surface area contributed by atoms with Gasteiger partial charge in [-0.25, -0.2) is 0 Å². The van der Waals surface area contributed by atoms with Gasteiger partial charge in [0.25, 0.3) is 5.69 Å². The summed E-state index contributed by atoms with van der Waals surface area (Å²) in [5.41, 5.74) is 13.1. The van der Waals surface area contributed by atoms with Crippen molar-refractivity contribution in [2.24, 2.45) is 0 Å². The van der Waals surface area contributed by atoms with Gasteiger partial charge in [-0.3, -0.25) is 10.1 Å². The first-order valence-electron chi connectivity index (χ1n) is 16.9. The van der Waals surface area contributed by atoms with Crippen molar-refractivity contribution >= 4 is 44.6 Å². The first-order chi connectivity index (χ1) is 24.5. The number of nitro groups is 1. The molecule has 0 aliphatic carbocycles. The van der Waals surface area contributed by atoms with Gasteiger partial charge in [-0.05, 0) is 72.5 Å². The van der Waals surface area contributed by atoms with Gasteiger partial charge in [0.15, 0.2) is 0 Å². The molecule has 7 aromatic carbocycles. The highest BCUT2D eigenvalue weighted by Crippen LogP contribution is 2.53. The van der Waals surface area contributed by atoms with E-state index in [1.807, 2.05) is 12.1 Å². The monoisotopic (exact) mass is 649 g/mol. The molecule has 8 aromatic rings. The highest BCUT2D eigenvalue weighted by atomic mass is 16.6. The van der Waals surface area contributed by atoms with Crippen LogP contribution in [0.2, 0.25) is 0 Å². The molecule has 1 aliphatic heterocycles. The molecular formula is C45H35N3O2. The van der Waals surface area contributed by atoms with Gasteiger partial charge in [0.1, 0.15) is 5.69 Å². The summed E-state index contributed by atoms with van der Waals surface area (Å²) in [5.74, 6) is 0. The van der Waals surface area contributed by atoms with E-state index in [-0.39, 0.29) is 10.6 Å². The lowest BCUT2D eigenvalue weighted by atomic mass is 9.93. The fourth-order valence-electron chi connectivity index (χ4n) is 7.33. The summed E-state index contributed by atoms with van der Waals surface area (Å²) >= 11 is 0. The van der Waals surface area contributed by atoms with Crippen LogP contribution in [0.25, 0.3) is 49.7 Å². The number of hydrogen-bond acceptors (Lipinski definition) is 3.